The fourth-order valence-corrected chi connectivity index (χ4v) is 3.33. The van der Waals surface area contributed by atoms with Gasteiger partial charge >= 0.3 is 0 Å². The summed E-state index contributed by atoms with van der Waals surface area (Å²) in [4.78, 5) is 4.51. The Morgan fingerprint density at radius 1 is 0.944 bits per heavy atom. The van der Waals surface area contributed by atoms with E-state index in [9.17, 15) is 0 Å². The zero-order chi connectivity index (χ0) is 12.7. The van der Waals surface area contributed by atoms with Crippen LogP contribution in [-0.2, 0) is 0 Å². The lowest BCUT2D eigenvalue weighted by molar-refractivity contribution is 1.34. The van der Waals surface area contributed by atoms with Crippen molar-refractivity contribution >= 4 is 21.6 Å². The van der Waals surface area contributed by atoms with Gasteiger partial charge in [0, 0.05) is 0 Å². The molecule has 90 valence electrons. The first-order chi connectivity index (χ1) is 8.65. The van der Waals surface area contributed by atoms with Crippen LogP contribution in [0.2, 0.25) is 0 Å². The van der Waals surface area contributed by atoms with Crippen molar-refractivity contribution < 1.29 is 0 Å². The molecule has 0 atom stereocenters. The Labute approximate surface area is 111 Å². The summed E-state index contributed by atoms with van der Waals surface area (Å²) >= 11 is 1.76. The molecule has 2 aromatic carbocycles. The van der Waals surface area contributed by atoms with Crippen LogP contribution in [0.25, 0.3) is 21.3 Å². The molecule has 0 N–H and O–H groups in total. The quantitative estimate of drug-likeness (QED) is 0.601. The van der Waals surface area contributed by atoms with Crippen molar-refractivity contribution in [3.05, 3.63) is 52.5 Å². The van der Waals surface area contributed by atoms with Crippen LogP contribution >= 0.6 is 11.3 Å². The summed E-state index contributed by atoms with van der Waals surface area (Å²) in [6.45, 7) is 6.40. The van der Waals surface area contributed by atoms with E-state index in [4.69, 9.17) is 0 Å². The van der Waals surface area contributed by atoms with E-state index in [0.717, 1.165) is 10.5 Å². The predicted octanol–water partition coefficient (Wildman–Crippen LogP) is 4.89. The molecule has 3 aromatic rings. The molecule has 0 aliphatic rings. The number of aryl methyl sites for hydroxylation is 3. The van der Waals surface area contributed by atoms with E-state index in [1.165, 1.54) is 27.0 Å². The Hall–Kier alpha value is -1.67. The zero-order valence-corrected chi connectivity index (χ0v) is 11.6. The highest BCUT2D eigenvalue weighted by Crippen LogP contribution is 2.31. The molecule has 0 aliphatic carbocycles. The van der Waals surface area contributed by atoms with Crippen LogP contribution in [0.5, 0.6) is 0 Å². The summed E-state index contributed by atoms with van der Waals surface area (Å²) in [5, 5.41) is 1.13. The Bertz CT molecular complexity index is 705. The molecule has 0 saturated heterocycles. The van der Waals surface area contributed by atoms with Crippen molar-refractivity contribution in [1.82, 2.24) is 4.98 Å². The second-order valence-corrected chi connectivity index (χ2v) is 5.92. The predicted molar refractivity (Wildman–Crippen MR) is 79.3 cm³/mol. The van der Waals surface area contributed by atoms with Gasteiger partial charge in [0.25, 0.3) is 0 Å². The first-order valence-corrected chi connectivity index (χ1v) is 6.90. The number of nitrogens with zero attached hydrogens (tertiary/aromatic N) is 1. The largest absolute Gasteiger partial charge is 0.242 e. The molecule has 0 spiro atoms. The number of benzene rings is 2. The fourth-order valence-electron chi connectivity index (χ4n) is 2.47. The normalized spacial score (nSPS) is 11.1. The Morgan fingerprint density at radius 3 is 2.39 bits per heavy atom. The molecule has 0 unspecified atom stereocenters. The lowest BCUT2D eigenvalue weighted by Gasteiger charge is -2.09. The van der Waals surface area contributed by atoms with E-state index in [1.54, 1.807) is 11.3 Å². The maximum atomic E-state index is 4.51. The number of hydrogen-bond acceptors (Lipinski definition) is 2. The number of fused-ring (bicyclic) bond motifs is 1. The number of rotatable bonds is 1. The average molecular weight is 253 g/mol. The van der Waals surface area contributed by atoms with E-state index >= 15 is 0 Å². The molecule has 0 aliphatic heterocycles. The van der Waals surface area contributed by atoms with E-state index in [2.05, 4.69) is 62.2 Å². The van der Waals surface area contributed by atoms with Gasteiger partial charge in [-0.2, -0.15) is 0 Å². The number of aromatic nitrogens is 1. The second kappa shape index (κ2) is 4.21. The average Bonchev–Trinajstić information content (AvgIpc) is 2.68. The highest BCUT2D eigenvalue weighted by molar-refractivity contribution is 7.18. The van der Waals surface area contributed by atoms with Crippen molar-refractivity contribution in [1.29, 1.82) is 0 Å². The van der Waals surface area contributed by atoms with Crippen LogP contribution in [0, 0.1) is 20.8 Å². The van der Waals surface area contributed by atoms with Crippen LogP contribution in [0.15, 0.2) is 36.4 Å². The summed E-state index contributed by atoms with van der Waals surface area (Å²) < 4.78 is 1.27. The summed E-state index contributed by atoms with van der Waals surface area (Å²) in [6, 6.07) is 13.0. The Morgan fingerprint density at radius 2 is 1.67 bits per heavy atom. The van der Waals surface area contributed by atoms with Gasteiger partial charge in [-0.15, -0.1) is 11.3 Å². The first-order valence-electron chi connectivity index (χ1n) is 6.09. The van der Waals surface area contributed by atoms with Gasteiger partial charge in [0.15, 0.2) is 0 Å². The van der Waals surface area contributed by atoms with E-state index < -0.39 is 0 Å². The monoisotopic (exact) mass is 253 g/mol. The van der Waals surface area contributed by atoms with Crippen LogP contribution in [0.3, 0.4) is 0 Å². The molecule has 0 amide bonds. The van der Waals surface area contributed by atoms with Crippen molar-refractivity contribution in [2.45, 2.75) is 20.8 Å². The van der Waals surface area contributed by atoms with Crippen molar-refractivity contribution in [2.75, 3.05) is 0 Å². The van der Waals surface area contributed by atoms with Crippen LogP contribution in [0.1, 0.15) is 16.1 Å². The highest BCUT2D eigenvalue weighted by Gasteiger charge is 2.07. The topological polar surface area (TPSA) is 12.9 Å². The zero-order valence-electron chi connectivity index (χ0n) is 10.8. The van der Waals surface area contributed by atoms with Gasteiger partial charge in [-0.1, -0.05) is 24.3 Å². The number of hydrogen-bond donors (Lipinski definition) is 0. The van der Waals surface area contributed by atoms with Gasteiger partial charge in [-0.3, -0.25) is 0 Å². The van der Waals surface area contributed by atoms with Crippen molar-refractivity contribution in [2.24, 2.45) is 0 Å². The second-order valence-electron chi connectivity index (χ2n) is 4.68. The van der Waals surface area contributed by atoms with Crippen LogP contribution in [-0.4, -0.2) is 4.98 Å². The van der Waals surface area contributed by atoms with Gasteiger partial charge < -0.3 is 0 Å². The molecule has 0 saturated carbocycles. The van der Waals surface area contributed by atoms with Gasteiger partial charge in [-0.25, -0.2) is 4.98 Å². The van der Waals surface area contributed by atoms with Crippen molar-refractivity contribution in [3.63, 3.8) is 0 Å². The Balaban J connectivity index is 2.25. The van der Waals surface area contributed by atoms with Crippen LogP contribution in [0.4, 0.5) is 0 Å². The Kier molecular flexibility index (Phi) is 2.67. The van der Waals surface area contributed by atoms with Crippen LogP contribution < -0.4 is 0 Å². The molecular weight excluding hydrogens is 238 g/mol. The van der Waals surface area contributed by atoms with E-state index in [1.807, 2.05) is 0 Å². The minimum Gasteiger partial charge on any atom is -0.242 e. The minimum atomic E-state index is 1.10. The standard InChI is InChI=1S/C16H15NS/c1-10-5-4-6-11(2)16(10)13-7-8-14-15(9-13)18-12(3)17-14/h4-9H,1-3H3. The van der Waals surface area contributed by atoms with Gasteiger partial charge in [0.2, 0.25) is 0 Å². The van der Waals surface area contributed by atoms with Gasteiger partial charge in [0.05, 0.1) is 15.2 Å². The highest BCUT2D eigenvalue weighted by atomic mass is 32.1. The third-order valence-corrected chi connectivity index (χ3v) is 4.20. The lowest BCUT2D eigenvalue weighted by atomic mass is 9.96. The fraction of sp³-hybridized carbons (Fsp3) is 0.188. The first kappa shape index (κ1) is 11.4. The minimum absolute atomic E-state index is 1.10. The summed E-state index contributed by atoms with van der Waals surface area (Å²) in [7, 11) is 0. The van der Waals surface area contributed by atoms with Crippen molar-refractivity contribution in [3.8, 4) is 11.1 Å². The van der Waals surface area contributed by atoms with E-state index in [0.29, 0.717) is 0 Å². The molecule has 1 heterocycles. The summed E-state index contributed by atoms with van der Waals surface area (Å²) in [6.07, 6.45) is 0. The SMILES string of the molecule is Cc1nc2ccc(-c3c(C)cccc3C)cc2s1. The number of thiazole rings is 1. The maximum absolute atomic E-state index is 4.51. The van der Waals surface area contributed by atoms with Gasteiger partial charge in [0.1, 0.15) is 0 Å². The molecule has 1 aromatic heterocycles. The molecule has 1 nitrogen and oxygen atoms in total. The maximum Gasteiger partial charge on any atom is 0.0907 e. The third-order valence-electron chi connectivity index (χ3n) is 3.27. The molecule has 0 radical (unpaired) electrons. The molecular formula is C16H15NS. The molecule has 0 bridgehead atoms. The third kappa shape index (κ3) is 1.83. The molecule has 2 heteroatoms. The smallest absolute Gasteiger partial charge is 0.0907 e. The van der Waals surface area contributed by atoms with E-state index in [-0.39, 0.29) is 0 Å². The van der Waals surface area contributed by atoms with Gasteiger partial charge in [-0.05, 0) is 55.2 Å². The lowest BCUT2D eigenvalue weighted by Crippen LogP contribution is -1.87. The molecule has 3 rings (SSSR count). The summed E-state index contributed by atoms with van der Waals surface area (Å²) in [5.74, 6) is 0. The summed E-state index contributed by atoms with van der Waals surface area (Å²) in [5.41, 5.74) is 6.41. The molecule has 0 fully saturated rings. The molecule has 18 heavy (non-hydrogen) atoms.